The van der Waals surface area contributed by atoms with Gasteiger partial charge in [-0.3, -0.25) is 4.90 Å². The van der Waals surface area contributed by atoms with Gasteiger partial charge in [0.05, 0.1) is 13.2 Å². The van der Waals surface area contributed by atoms with Crippen molar-refractivity contribution in [3.8, 4) is 0 Å². The van der Waals surface area contributed by atoms with Crippen LogP contribution >= 0.6 is 0 Å². The van der Waals surface area contributed by atoms with E-state index in [2.05, 4.69) is 0 Å². The molecule has 0 atom stereocenters. The third kappa shape index (κ3) is 4.39. The molecule has 0 rings (SSSR count). The first-order valence-corrected chi connectivity index (χ1v) is 2.74. The minimum atomic E-state index is -2.79. The molecule has 0 aromatic carbocycles. The lowest BCUT2D eigenvalue weighted by Crippen LogP contribution is -2.29. The normalized spacial score (nSPS) is 21.9. The van der Waals surface area contributed by atoms with Crippen LogP contribution in [0.4, 0.5) is 0 Å². The van der Waals surface area contributed by atoms with Crippen molar-refractivity contribution in [1.82, 2.24) is 4.90 Å². The van der Waals surface area contributed by atoms with Crippen LogP contribution in [-0.4, -0.2) is 47.9 Å². The van der Waals surface area contributed by atoms with Crippen LogP contribution in [-0.2, 0) is 0 Å². The summed E-state index contributed by atoms with van der Waals surface area (Å²) in [6, 6.07) is 0. The number of aliphatic hydroxyl groups is 2. The SMILES string of the molecule is [2H]C([2H])([2H])C([2H])([2H])N(CCO)CCO. The van der Waals surface area contributed by atoms with Crippen LogP contribution in [0.2, 0.25) is 0 Å². The quantitative estimate of drug-likeness (QED) is 0.527. The lowest BCUT2D eigenvalue weighted by Gasteiger charge is -2.16. The van der Waals surface area contributed by atoms with E-state index in [1.165, 1.54) is 0 Å². The maximum atomic E-state index is 8.62. The minimum Gasteiger partial charge on any atom is -0.395 e. The van der Waals surface area contributed by atoms with E-state index in [0.29, 0.717) is 0 Å². The zero-order chi connectivity index (χ0) is 11.4. The Hall–Kier alpha value is -0.120. The van der Waals surface area contributed by atoms with Gasteiger partial charge in [0, 0.05) is 19.9 Å². The Balaban J connectivity index is 4.61. The van der Waals surface area contributed by atoms with Crippen LogP contribution in [0.25, 0.3) is 0 Å². The van der Waals surface area contributed by atoms with Crippen molar-refractivity contribution in [2.24, 2.45) is 0 Å². The van der Waals surface area contributed by atoms with Gasteiger partial charge in [0.2, 0.25) is 0 Å². The largest absolute Gasteiger partial charge is 0.395 e. The highest BCUT2D eigenvalue weighted by Crippen LogP contribution is 1.83. The van der Waals surface area contributed by atoms with Gasteiger partial charge in [-0.1, -0.05) is 6.85 Å². The molecular weight excluding hydrogens is 118 g/mol. The van der Waals surface area contributed by atoms with Crippen LogP contribution in [0.3, 0.4) is 0 Å². The standard InChI is InChI=1S/C6H15NO2/c1-2-7(3-5-8)4-6-9/h8-9H,2-6H2,1H3/i1D3,2D2. The van der Waals surface area contributed by atoms with Gasteiger partial charge in [-0.25, -0.2) is 0 Å². The van der Waals surface area contributed by atoms with E-state index >= 15 is 0 Å². The summed E-state index contributed by atoms with van der Waals surface area (Å²) in [5.41, 5.74) is 0. The van der Waals surface area contributed by atoms with Crippen molar-refractivity contribution in [3.63, 3.8) is 0 Å². The fourth-order valence-electron chi connectivity index (χ4n) is 0.465. The van der Waals surface area contributed by atoms with E-state index in [0.717, 1.165) is 4.90 Å². The Bertz CT molecular complexity index is 166. The Kier molecular flexibility index (Phi) is 2.22. The van der Waals surface area contributed by atoms with E-state index in [1.54, 1.807) is 0 Å². The van der Waals surface area contributed by atoms with Gasteiger partial charge in [-0.2, -0.15) is 0 Å². The van der Waals surface area contributed by atoms with Gasteiger partial charge in [-0.15, -0.1) is 0 Å². The molecule has 0 aliphatic heterocycles. The Morgan fingerprint density at radius 2 is 2.00 bits per heavy atom. The molecule has 0 aromatic heterocycles. The first-order chi connectivity index (χ1) is 6.27. The van der Waals surface area contributed by atoms with Crippen LogP contribution in [0.5, 0.6) is 0 Å². The summed E-state index contributed by atoms with van der Waals surface area (Å²) in [7, 11) is 0. The molecule has 0 aromatic rings. The Labute approximate surface area is 62.9 Å². The van der Waals surface area contributed by atoms with Gasteiger partial charge in [-0.05, 0) is 6.50 Å². The number of hydrogen-bond acceptors (Lipinski definition) is 3. The van der Waals surface area contributed by atoms with E-state index < -0.39 is 13.3 Å². The number of rotatable bonds is 5. The van der Waals surface area contributed by atoms with Crippen molar-refractivity contribution in [3.05, 3.63) is 0 Å². The third-order valence-electron chi connectivity index (χ3n) is 0.898. The Morgan fingerprint density at radius 3 is 2.33 bits per heavy atom. The molecule has 0 radical (unpaired) electrons. The van der Waals surface area contributed by atoms with Gasteiger partial charge < -0.3 is 10.2 Å². The molecule has 3 heteroatoms. The second kappa shape index (κ2) is 6.01. The van der Waals surface area contributed by atoms with Crippen LogP contribution < -0.4 is 0 Å². The van der Waals surface area contributed by atoms with Gasteiger partial charge in [0.25, 0.3) is 0 Å². The summed E-state index contributed by atoms with van der Waals surface area (Å²) in [5.74, 6) is 0. The van der Waals surface area contributed by atoms with E-state index in [9.17, 15) is 0 Å². The second-order valence-electron chi connectivity index (χ2n) is 1.55. The predicted molar refractivity (Wildman–Crippen MR) is 36.3 cm³/mol. The highest BCUT2D eigenvalue weighted by molar-refractivity contribution is 4.51. The van der Waals surface area contributed by atoms with Gasteiger partial charge >= 0.3 is 0 Å². The molecule has 0 aliphatic rings. The van der Waals surface area contributed by atoms with Crippen molar-refractivity contribution >= 4 is 0 Å². The Morgan fingerprint density at radius 1 is 1.44 bits per heavy atom. The number of hydrogen-bond donors (Lipinski definition) is 2. The van der Waals surface area contributed by atoms with Crippen molar-refractivity contribution in [1.29, 1.82) is 0 Å². The summed E-state index contributed by atoms with van der Waals surface area (Å²) < 4.78 is 35.6. The monoisotopic (exact) mass is 138 g/mol. The first-order valence-electron chi connectivity index (χ1n) is 5.24. The molecule has 0 unspecified atom stereocenters. The summed E-state index contributed by atoms with van der Waals surface area (Å²) in [4.78, 5) is 0.903. The zero-order valence-electron chi connectivity index (χ0n) is 10.2. The fraction of sp³-hybridized carbons (Fsp3) is 1.00. The lowest BCUT2D eigenvalue weighted by atomic mass is 10.5. The molecule has 0 heterocycles. The molecular formula is C6H15NO2. The molecule has 0 saturated heterocycles. The average molecular weight is 138 g/mol. The van der Waals surface area contributed by atoms with E-state index in [1.807, 2.05) is 0 Å². The molecule has 0 aliphatic carbocycles. The average Bonchev–Trinajstić information content (AvgIpc) is 2.02. The molecule has 0 fully saturated rings. The molecule has 0 amide bonds. The maximum absolute atomic E-state index is 8.62. The smallest absolute Gasteiger partial charge is 0.0558 e. The number of likely N-dealkylation sites (N-methyl/N-ethyl adjacent to an activating group) is 1. The zero-order valence-corrected chi connectivity index (χ0v) is 5.17. The number of nitrogens with zero attached hydrogens (tertiary/aromatic N) is 1. The van der Waals surface area contributed by atoms with Crippen LogP contribution in [0, 0.1) is 0 Å². The topological polar surface area (TPSA) is 43.7 Å². The molecule has 0 saturated carbocycles. The summed E-state index contributed by atoms with van der Waals surface area (Å²) in [6.45, 7) is -6.26. The third-order valence-corrected chi connectivity index (χ3v) is 0.898. The van der Waals surface area contributed by atoms with Gasteiger partial charge in [0.1, 0.15) is 0 Å². The molecule has 9 heavy (non-hydrogen) atoms. The predicted octanol–water partition coefficient (Wildman–Crippen LogP) is -0.707. The van der Waals surface area contributed by atoms with Crippen molar-refractivity contribution in [2.45, 2.75) is 6.85 Å². The van der Waals surface area contributed by atoms with Crippen molar-refractivity contribution in [2.75, 3.05) is 32.8 Å². The minimum absolute atomic E-state index is 0.119. The summed E-state index contributed by atoms with van der Waals surface area (Å²) in [6.07, 6.45) is 0. The number of aliphatic hydroxyl groups excluding tert-OH is 2. The van der Waals surface area contributed by atoms with E-state index in [-0.39, 0.29) is 26.3 Å². The highest BCUT2D eigenvalue weighted by Gasteiger charge is 1.97. The van der Waals surface area contributed by atoms with Crippen LogP contribution in [0.1, 0.15) is 13.7 Å². The van der Waals surface area contributed by atoms with Gasteiger partial charge in [0.15, 0.2) is 0 Å². The second-order valence-corrected chi connectivity index (χ2v) is 1.55. The van der Waals surface area contributed by atoms with Crippen molar-refractivity contribution < 1.29 is 17.1 Å². The molecule has 2 N–H and O–H groups in total. The molecule has 56 valence electrons. The lowest BCUT2D eigenvalue weighted by molar-refractivity contribution is 0.166. The summed E-state index contributed by atoms with van der Waals surface area (Å²) >= 11 is 0. The van der Waals surface area contributed by atoms with E-state index in [4.69, 9.17) is 17.1 Å². The molecule has 0 spiro atoms. The fourth-order valence-corrected chi connectivity index (χ4v) is 0.465. The highest BCUT2D eigenvalue weighted by atomic mass is 16.3. The first kappa shape index (κ1) is 3.32. The van der Waals surface area contributed by atoms with Crippen LogP contribution in [0.15, 0.2) is 0 Å². The maximum Gasteiger partial charge on any atom is 0.0558 e. The summed E-state index contributed by atoms with van der Waals surface area (Å²) in [5, 5.41) is 17.2. The molecule has 3 nitrogen and oxygen atoms in total. The molecule has 0 bridgehead atoms.